The Labute approximate surface area is 113 Å². The van der Waals surface area contributed by atoms with Gasteiger partial charge in [0.25, 0.3) is 0 Å². The minimum absolute atomic E-state index is 0.207. The van der Waals surface area contributed by atoms with Crippen LogP contribution in [0.4, 0.5) is 4.39 Å². The molecule has 0 aliphatic carbocycles. The van der Waals surface area contributed by atoms with Crippen molar-refractivity contribution in [2.75, 3.05) is 7.11 Å². The summed E-state index contributed by atoms with van der Waals surface area (Å²) in [7, 11) is 1.43. The number of nitrogens with two attached hydrogens (primary N) is 1. The fourth-order valence-electron chi connectivity index (χ4n) is 1.67. The SMILES string of the molecule is COc1ccc(C(N)c2cncc(Br)c2)cc1F. The molecule has 0 radical (unpaired) electrons. The molecule has 0 saturated carbocycles. The van der Waals surface area contributed by atoms with Crippen LogP contribution in [0.2, 0.25) is 0 Å². The molecule has 1 heterocycles. The second-order valence-electron chi connectivity index (χ2n) is 3.81. The summed E-state index contributed by atoms with van der Waals surface area (Å²) in [6, 6.07) is 6.13. The molecule has 3 nitrogen and oxygen atoms in total. The fourth-order valence-corrected chi connectivity index (χ4v) is 2.05. The first kappa shape index (κ1) is 13.0. The molecule has 2 aromatic rings. The number of rotatable bonds is 3. The van der Waals surface area contributed by atoms with E-state index in [1.165, 1.54) is 13.2 Å². The number of benzene rings is 1. The van der Waals surface area contributed by atoms with E-state index in [0.29, 0.717) is 5.56 Å². The third kappa shape index (κ3) is 2.68. The topological polar surface area (TPSA) is 48.1 Å². The van der Waals surface area contributed by atoms with E-state index in [4.69, 9.17) is 10.5 Å². The molecular weight excluding hydrogens is 299 g/mol. The lowest BCUT2D eigenvalue weighted by Gasteiger charge is -2.13. The third-order valence-electron chi connectivity index (χ3n) is 2.62. The maximum absolute atomic E-state index is 13.6. The van der Waals surface area contributed by atoms with Crippen LogP contribution in [0, 0.1) is 5.82 Å². The molecule has 0 aliphatic heterocycles. The van der Waals surface area contributed by atoms with Gasteiger partial charge in [0, 0.05) is 16.9 Å². The number of methoxy groups -OCH3 is 1. The lowest BCUT2D eigenvalue weighted by molar-refractivity contribution is 0.386. The molecular formula is C13H12BrFN2O. The smallest absolute Gasteiger partial charge is 0.165 e. The number of halogens is 2. The van der Waals surface area contributed by atoms with E-state index in [2.05, 4.69) is 20.9 Å². The molecule has 18 heavy (non-hydrogen) atoms. The van der Waals surface area contributed by atoms with Gasteiger partial charge in [0.2, 0.25) is 0 Å². The first-order chi connectivity index (χ1) is 8.61. The highest BCUT2D eigenvalue weighted by molar-refractivity contribution is 9.10. The molecule has 1 aromatic heterocycles. The molecule has 0 aliphatic rings. The molecule has 2 rings (SSSR count). The summed E-state index contributed by atoms with van der Waals surface area (Å²) in [6.45, 7) is 0. The number of aromatic nitrogens is 1. The van der Waals surface area contributed by atoms with Gasteiger partial charge in [0.1, 0.15) is 0 Å². The summed E-state index contributed by atoms with van der Waals surface area (Å²) in [6.07, 6.45) is 3.34. The molecule has 0 amide bonds. The largest absolute Gasteiger partial charge is 0.494 e. The molecule has 0 saturated heterocycles. The van der Waals surface area contributed by atoms with Crippen molar-refractivity contribution in [3.05, 3.63) is 58.1 Å². The van der Waals surface area contributed by atoms with E-state index in [-0.39, 0.29) is 5.75 Å². The number of ether oxygens (including phenoxy) is 1. The minimum atomic E-state index is -0.423. The van der Waals surface area contributed by atoms with Gasteiger partial charge in [-0.25, -0.2) is 4.39 Å². The van der Waals surface area contributed by atoms with Gasteiger partial charge < -0.3 is 10.5 Å². The highest BCUT2D eigenvalue weighted by atomic mass is 79.9. The van der Waals surface area contributed by atoms with Crippen LogP contribution < -0.4 is 10.5 Å². The van der Waals surface area contributed by atoms with Gasteiger partial charge in [0.05, 0.1) is 13.2 Å². The standard InChI is InChI=1S/C13H12BrFN2O/c1-18-12-3-2-8(5-11(12)15)13(16)9-4-10(14)7-17-6-9/h2-7,13H,16H2,1H3. The second-order valence-corrected chi connectivity index (χ2v) is 4.72. The number of nitrogens with zero attached hydrogens (tertiary/aromatic N) is 1. The summed E-state index contributed by atoms with van der Waals surface area (Å²) < 4.78 is 19.3. The maximum atomic E-state index is 13.6. The lowest BCUT2D eigenvalue weighted by atomic mass is 10.0. The molecule has 94 valence electrons. The van der Waals surface area contributed by atoms with Crippen molar-refractivity contribution in [3.8, 4) is 5.75 Å². The Balaban J connectivity index is 2.34. The average Bonchev–Trinajstić information content (AvgIpc) is 2.37. The van der Waals surface area contributed by atoms with Gasteiger partial charge in [-0.15, -0.1) is 0 Å². The fraction of sp³-hybridized carbons (Fsp3) is 0.154. The Bertz CT molecular complexity index is 562. The Morgan fingerprint density at radius 2 is 2.06 bits per heavy atom. The van der Waals surface area contributed by atoms with Crippen molar-refractivity contribution < 1.29 is 9.13 Å². The van der Waals surface area contributed by atoms with Gasteiger partial charge in [-0.3, -0.25) is 4.98 Å². The maximum Gasteiger partial charge on any atom is 0.165 e. The molecule has 1 aromatic carbocycles. The van der Waals surface area contributed by atoms with Crippen LogP contribution in [0.1, 0.15) is 17.2 Å². The monoisotopic (exact) mass is 310 g/mol. The summed E-state index contributed by atoms with van der Waals surface area (Å²) >= 11 is 3.33. The van der Waals surface area contributed by atoms with Gasteiger partial charge >= 0.3 is 0 Å². The Morgan fingerprint density at radius 3 is 2.67 bits per heavy atom. The summed E-state index contributed by atoms with van der Waals surface area (Å²) in [5, 5.41) is 0. The zero-order chi connectivity index (χ0) is 13.1. The third-order valence-corrected chi connectivity index (χ3v) is 3.05. The molecule has 1 atom stereocenters. The van der Waals surface area contributed by atoms with Gasteiger partial charge in [-0.05, 0) is 45.3 Å². The Morgan fingerprint density at radius 1 is 1.28 bits per heavy atom. The average molecular weight is 311 g/mol. The van der Waals surface area contributed by atoms with Crippen LogP contribution in [0.3, 0.4) is 0 Å². The first-order valence-corrected chi connectivity index (χ1v) is 6.10. The van der Waals surface area contributed by atoms with Gasteiger partial charge in [0.15, 0.2) is 11.6 Å². The molecule has 2 N–H and O–H groups in total. The van der Waals surface area contributed by atoms with Crippen molar-refractivity contribution >= 4 is 15.9 Å². The number of hydrogen-bond donors (Lipinski definition) is 1. The van der Waals surface area contributed by atoms with Crippen LogP contribution in [-0.2, 0) is 0 Å². The van der Waals surface area contributed by atoms with Crippen molar-refractivity contribution in [2.24, 2.45) is 5.73 Å². The molecule has 1 unspecified atom stereocenters. The zero-order valence-electron chi connectivity index (χ0n) is 9.73. The predicted octanol–water partition coefficient (Wildman–Crippen LogP) is 3.04. The van der Waals surface area contributed by atoms with Crippen molar-refractivity contribution in [1.82, 2.24) is 4.98 Å². The van der Waals surface area contributed by atoms with Crippen LogP contribution in [0.15, 0.2) is 41.1 Å². The first-order valence-electron chi connectivity index (χ1n) is 5.31. The van der Waals surface area contributed by atoms with Crippen molar-refractivity contribution in [2.45, 2.75) is 6.04 Å². The Kier molecular flexibility index (Phi) is 3.93. The van der Waals surface area contributed by atoms with Gasteiger partial charge in [-0.2, -0.15) is 0 Å². The highest BCUT2D eigenvalue weighted by Crippen LogP contribution is 2.25. The minimum Gasteiger partial charge on any atom is -0.494 e. The number of hydrogen-bond acceptors (Lipinski definition) is 3. The van der Waals surface area contributed by atoms with E-state index in [0.717, 1.165) is 10.0 Å². The van der Waals surface area contributed by atoms with E-state index in [1.54, 1.807) is 24.5 Å². The lowest BCUT2D eigenvalue weighted by Crippen LogP contribution is -2.12. The van der Waals surface area contributed by atoms with Crippen LogP contribution in [0.5, 0.6) is 5.75 Å². The van der Waals surface area contributed by atoms with Crippen molar-refractivity contribution in [3.63, 3.8) is 0 Å². The highest BCUT2D eigenvalue weighted by Gasteiger charge is 2.12. The van der Waals surface area contributed by atoms with E-state index in [1.807, 2.05) is 6.07 Å². The van der Waals surface area contributed by atoms with E-state index in [9.17, 15) is 4.39 Å². The van der Waals surface area contributed by atoms with Crippen LogP contribution in [-0.4, -0.2) is 12.1 Å². The number of pyridine rings is 1. The molecule has 0 bridgehead atoms. The quantitative estimate of drug-likeness (QED) is 0.948. The van der Waals surface area contributed by atoms with E-state index < -0.39 is 11.9 Å². The molecule has 0 spiro atoms. The van der Waals surface area contributed by atoms with Crippen LogP contribution in [0.25, 0.3) is 0 Å². The molecule has 5 heteroatoms. The van der Waals surface area contributed by atoms with Gasteiger partial charge in [-0.1, -0.05) is 6.07 Å². The normalized spacial score (nSPS) is 12.2. The predicted molar refractivity (Wildman–Crippen MR) is 70.9 cm³/mol. The molecule has 0 fully saturated rings. The summed E-state index contributed by atoms with van der Waals surface area (Å²) in [5.74, 6) is -0.216. The van der Waals surface area contributed by atoms with Crippen molar-refractivity contribution in [1.29, 1.82) is 0 Å². The zero-order valence-corrected chi connectivity index (χ0v) is 11.3. The van der Waals surface area contributed by atoms with Crippen LogP contribution >= 0.6 is 15.9 Å². The van der Waals surface area contributed by atoms with E-state index >= 15 is 0 Å². The summed E-state index contributed by atoms with van der Waals surface area (Å²) in [5.41, 5.74) is 7.57. The second kappa shape index (κ2) is 5.46. The summed E-state index contributed by atoms with van der Waals surface area (Å²) in [4.78, 5) is 4.04. The Hall–Kier alpha value is -1.46.